The van der Waals surface area contributed by atoms with E-state index in [1.54, 1.807) is 0 Å². The Kier molecular flexibility index (Phi) is 2.01. The Morgan fingerprint density at radius 1 is 1.27 bits per heavy atom. The number of rotatable bonds is 2. The third-order valence-electron chi connectivity index (χ3n) is 5.32. The lowest BCUT2D eigenvalue weighted by Crippen LogP contribution is -2.38. The zero-order valence-corrected chi connectivity index (χ0v) is 9.54. The average molecular weight is 210 g/mol. The van der Waals surface area contributed by atoms with E-state index in [4.69, 9.17) is 5.11 Å². The molecule has 3 heteroatoms. The van der Waals surface area contributed by atoms with Crippen molar-refractivity contribution in [1.82, 2.24) is 0 Å². The molecule has 2 fully saturated rings. The topological polar surface area (TPSA) is 54.4 Å². The number of carbonyl (C=O) groups excluding carboxylic acids is 1. The van der Waals surface area contributed by atoms with Gasteiger partial charge in [0.1, 0.15) is 0 Å². The molecule has 2 bridgehead atoms. The molecule has 1 N–H and O–H groups in total. The fraction of sp³-hybridized carbons (Fsp3) is 0.833. The first kappa shape index (κ1) is 10.7. The molecule has 2 aliphatic carbocycles. The van der Waals surface area contributed by atoms with Crippen molar-refractivity contribution in [2.24, 2.45) is 22.7 Å². The summed E-state index contributed by atoms with van der Waals surface area (Å²) in [4.78, 5) is 22.4. The molecule has 3 unspecified atom stereocenters. The van der Waals surface area contributed by atoms with E-state index in [9.17, 15) is 9.59 Å². The molecule has 2 rings (SSSR count). The van der Waals surface area contributed by atoms with Crippen LogP contribution in [0.15, 0.2) is 0 Å². The number of carbonyl (C=O) groups is 2. The molecular weight excluding hydrogens is 192 g/mol. The van der Waals surface area contributed by atoms with Crippen molar-refractivity contribution < 1.29 is 14.7 Å². The average Bonchev–Trinajstić information content (AvgIpc) is 2.47. The van der Waals surface area contributed by atoms with Gasteiger partial charge in [0.05, 0.1) is 0 Å². The van der Waals surface area contributed by atoms with Crippen LogP contribution in [0.4, 0.5) is 0 Å². The SMILES string of the molecule is CC1(C)C2CCC1(C)C(C(=O)C(=O)O)C2. The number of hydrogen-bond donors (Lipinski definition) is 1. The predicted molar refractivity (Wildman–Crippen MR) is 55.4 cm³/mol. The number of aliphatic carboxylic acids is 1. The van der Waals surface area contributed by atoms with E-state index < -0.39 is 11.8 Å². The summed E-state index contributed by atoms with van der Waals surface area (Å²) in [6.45, 7) is 6.45. The van der Waals surface area contributed by atoms with Gasteiger partial charge in [-0.2, -0.15) is 0 Å². The van der Waals surface area contributed by atoms with Gasteiger partial charge in [0, 0.05) is 5.92 Å². The minimum Gasteiger partial charge on any atom is -0.475 e. The lowest BCUT2D eigenvalue weighted by molar-refractivity contribution is -0.153. The van der Waals surface area contributed by atoms with Crippen molar-refractivity contribution in [1.29, 1.82) is 0 Å². The van der Waals surface area contributed by atoms with Gasteiger partial charge in [-0.1, -0.05) is 20.8 Å². The fourth-order valence-corrected chi connectivity index (χ4v) is 3.75. The maximum atomic E-state index is 11.6. The second-order valence-corrected chi connectivity index (χ2v) is 5.83. The molecule has 0 amide bonds. The smallest absolute Gasteiger partial charge is 0.372 e. The molecule has 3 atom stereocenters. The largest absolute Gasteiger partial charge is 0.475 e. The van der Waals surface area contributed by atoms with Gasteiger partial charge in [0.25, 0.3) is 0 Å². The third-order valence-corrected chi connectivity index (χ3v) is 5.32. The van der Waals surface area contributed by atoms with Crippen LogP contribution < -0.4 is 0 Å². The van der Waals surface area contributed by atoms with E-state index >= 15 is 0 Å². The van der Waals surface area contributed by atoms with Crippen LogP contribution in [0.5, 0.6) is 0 Å². The molecule has 2 aliphatic rings. The zero-order chi connectivity index (χ0) is 11.4. The molecule has 3 nitrogen and oxygen atoms in total. The van der Waals surface area contributed by atoms with Crippen molar-refractivity contribution in [2.45, 2.75) is 40.0 Å². The predicted octanol–water partition coefficient (Wildman–Crippen LogP) is 2.10. The van der Waals surface area contributed by atoms with Crippen LogP contribution in [-0.2, 0) is 9.59 Å². The van der Waals surface area contributed by atoms with Crippen molar-refractivity contribution in [3.05, 3.63) is 0 Å². The molecule has 0 heterocycles. The summed E-state index contributed by atoms with van der Waals surface area (Å²) < 4.78 is 0. The fourth-order valence-electron chi connectivity index (χ4n) is 3.75. The Bertz CT molecular complexity index is 332. The van der Waals surface area contributed by atoms with Crippen molar-refractivity contribution in [2.75, 3.05) is 0 Å². The quantitative estimate of drug-likeness (QED) is 0.710. The highest BCUT2D eigenvalue weighted by Crippen LogP contribution is 2.68. The van der Waals surface area contributed by atoms with Gasteiger partial charge in [-0.3, -0.25) is 4.79 Å². The monoisotopic (exact) mass is 210 g/mol. The Morgan fingerprint density at radius 3 is 2.20 bits per heavy atom. The van der Waals surface area contributed by atoms with Crippen LogP contribution in [0.3, 0.4) is 0 Å². The van der Waals surface area contributed by atoms with Crippen LogP contribution in [0, 0.1) is 22.7 Å². The maximum absolute atomic E-state index is 11.6. The van der Waals surface area contributed by atoms with Crippen molar-refractivity contribution in [3.63, 3.8) is 0 Å². The summed E-state index contributed by atoms with van der Waals surface area (Å²) in [5, 5.41) is 8.81. The molecule has 0 aliphatic heterocycles. The molecule has 0 radical (unpaired) electrons. The van der Waals surface area contributed by atoms with Gasteiger partial charge in [-0.05, 0) is 36.0 Å². The molecule has 2 saturated carbocycles. The summed E-state index contributed by atoms with van der Waals surface area (Å²) in [6.07, 6.45) is 2.91. The minimum atomic E-state index is -1.26. The Balaban J connectivity index is 2.34. The number of ketones is 1. The van der Waals surface area contributed by atoms with Gasteiger partial charge in [0.15, 0.2) is 0 Å². The number of Topliss-reactive ketones (excluding diaryl/α,β-unsaturated/α-hetero) is 1. The molecule has 84 valence electrons. The van der Waals surface area contributed by atoms with E-state index in [1.165, 1.54) is 0 Å². The van der Waals surface area contributed by atoms with Crippen LogP contribution in [-0.4, -0.2) is 16.9 Å². The Hall–Kier alpha value is -0.860. The third kappa shape index (κ3) is 1.12. The second kappa shape index (κ2) is 2.83. The lowest BCUT2D eigenvalue weighted by Gasteiger charge is -2.37. The first-order valence-corrected chi connectivity index (χ1v) is 5.58. The van der Waals surface area contributed by atoms with E-state index in [1.807, 2.05) is 0 Å². The van der Waals surface area contributed by atoms with Crippen LogP contribution in [0.25, 0.3) is 0 Å². The standard InChI is InChI=1S/C12H18O3/c1-11(2)7-4-5-12(11,3)8(6-7)9(13)10(14)15/h7-8H,4-6H2,1-3H3,(H,14,15). The van der Waals surface area contributed by atoms with E-state index in [0.29, 0.717) is 5.92 Å². The first-order chi connectivity index (χ1) is 6.80. The molecule has 15 heavy (non-hydrogen) atoms. The highest BCUT2D eigenvalue weighted by Gasteiger charge is 2.63. The molecule has 0 aromatic carbocycles. The van der Waals surface area contributed by atoms with Gasteiger partial charge in [-0.15, -0.1) is 0 Å². The van der Waals surface area contributed by atoms with Gasteiger partial charge in [0.2, 0.25) is 5.78 Å². The summed E-state index contributed by atoms with van der Waals surface area (Å²) in [6, 6.07) is 0. The Labute approximate surface area is 89.9 Å². The summed E-state index contributed by atoms with van der Waals surface area (Å²) >= 11 is 0. The number of carboxylic acids is 1. The molecule has 0 spiro atoms. The van der Waals surface area contributed by atoms with E-state index in [-0.39, 0.29) is 16.7 Å². The normalized spacial score (nSPS) is 41.8. The second-order valence-electron chi connectivity index (χ2n) is 5.83. The molecule has 0 aromatic heterocycles. The Morgan fingerprint density at radius 2 is 1.87 bits per heavy atom. The van der Waals surface area contributed by atoms with E-state index in [0.717, 1.165) is 19.3 Å². The van der Waals surface area contributed by atoms with Crippen molar-refractivity contribution >= 4 is 11.8 Å². The minimum absolute atomic E-state index is 0.104. The number of carboxylic acid groups (broad SMARTS) is 1. The maximum Gasteiger partial charge on any atom is 0.372 e. The van der Waals surface area contributed by atoms with Crippen molar-refractivity contribution in [3.8, 4) is 0 Å². The van der Waals surface area contributed by atoms with Crippen LogP contribution in [0.2, 0.25) is 0 Å². The van der Waals surface area contributed by atoms with Gasteiger partial charge in [-0.25, -0.2) is 4.79 Å². The summed E-state index contributed by atoms with van der Waals surface area (Å²) in [5.41, 5.74) is 0.00984. The van der Waals surface area contributed by atoms with Crippen LogP contribution in [0.1, 0.15) is 40.0 Å². The molecule has 0 aromatic rings. The number of hydrogen-bond acceptors (Lipinski definition) is 2. The zero-order valence-electron chi connectivity index (χ0n) is 9.54. The summed E-state index contributed by atoms with van der Waals surface area (Å²) in [5.74, 6) is -1.57. The molecular formula is C12H18O3. The van der Waals surface area contributed by atoms with Gasteiger partial charge >= 0.3 is 5.97 Å². The van der Waals surface area contributed by atoms with Crippen LogP contribution >= 0.6 is 0 Å². The summed E-state index contributed by atoms with van der Waals surface area (Å²) in [7, 11) is 0. The van der Waals surface area contributed by atoms with Gasteiger partial charge < -0.3 is 5.11 Å². The lowest BCUT2D eigenvalue weighted by atomic mass is 9.65. The van der Waals surface area contributed by atoms with E-state index in [2.05, 4.69) is 20.8 Å². The first-order valence-electron chi connectivity index (χ1n) is 5.58. The number of fused-ring (bicyclic) bond motifs is 2. The molecule has 0 saturated heterocycles. The highest BCUT2D eigenvalue weighted by molar-refractivity contribution is 6.33. The highest BCUT2D eigenvalue weighted by atomic mass is 16.4.